The lowest BCUT2D eigenvalue weighted by atomic mass is 10.1. The number of likely N-dealkylation sites (tertiary alicyclic amines) is 1. The summed E-state index contributed by atoms with van der Waals surface area (Å²) in [6, 6.07) is 14.2. The molecule has 1 heterocycles. The predicted molar refractivity (Wildman–Crippen MR) is 93.6 cm³/mol. The molecule has 1 atom stereocenters. The summed E-state index contributed by atoms with van der Waals surface area (Å²) in [5.41, 5.74) is 2.68. The Kier molecular flexibility index (Phi) is 5.03. The van der Waals surface area contributed by atoms with Crippen LogP contribution in [0.3, 0.4) is 0 Å². The van der Waals surface area contributed by atoms with Crippen LogP contribution in [-0.4, -0.2) is 34.5 Å². The van der Waals surface area contributed by atoms with Crippen molar-refractivity contribution in [3.05, 3.63) is 65.2 Å². The normalized spacial score (nSPS) is 16.7. The maximum atomic E-state index is 12.6. The van der Waals surface area contributed by atoms with E-state index in [1.807, 2.05) is 25.1 Å². The number of hydrogen-bond acceptors (Lipinski definition) is 3. The van der Waals surface area contributed by atoms with Crippen molar-refractivity contribution in [3.63, 3.8) is 0 Å². The van der Waals surface area contributed by atoms with Gasteiger partial charge in [0, 0.05) is 12.1 Å². The number of benzene rings is 2. The van der Waals surface area contributed by atoms with Crippen LogP contribution in [0.1, 0.15) is 34.3 Å². The van der Waals surface area contributed by atoms with Crippen LogP contribution in [0.4, 0.5) is 0 Å². The van der Waals surface area contributed by atoms with Gasteiger partial charge in [0.1, 0.15) is 18.4 Å². The van der Waals surface area contributed by atoms with Gasteiger partial charge >= 0.3 is 5.97 Å². The number of carboxylic acid groups (broad SMARTS) is 1. The number of carbonyl (C=O) groups excluding carboxylic acids is 1. The predicted octanol–water partition coefficient (Wildman–Crippen LogP) is 3.26. The Morgan fingerprint density at radius 3 is 2.76 bits per heavy atom. The molecular weight excluding hydrogens is 318 g/mol. The van der Waals surface area contributed by atoms with Crippen molar-refractivity contribution in [2.45, 2.75) is 32.4 Å². The second-order valence-electron chi connectivity index (χ2n) is 6.30. The molecule has 5 nitrogen and oxygen atoms in total. The Balaban J connectivity index is 1.70. The molecule has 0 saturated carbocycles. The molecule has 0 radical (unpaired) electrons. The van der Waals surface area contributed by atoms with E-state index in [0.29, 0.717) is 37.3 Å². The third-order valence-corrected chi connectivity index (χ3v) is 4.37. The quantitative estimate of drug-likeness (QED) is 0.908. The van der Waals surface area contributed by atoms with Crippen LogP contribution in [0.5, 0.6) is 5.75 Å². The number of nitrogens with zero attached hydrogens (tertiary/aromatic N) is 1. The maximum absolute atomic E-state index is 12.6. The van der Waals surface area contributed by atoms with E-state index in [0.717, 1.165) is 5.56 Å². The highest BCUT2D eigenvalue weighted by atomic mass is 16.5. The van der Waals surface area contributed by atoms with Gasteiger partial charge in [-0.15, -0.1) is 0 Å². The van der Waals surface area contributed by atoms with Gasteiger partial charge in [-0.05, 0) is 43.5 Å². The molecule has 0 spiro atoms. The summed E-state index contributed by atoms with van der Waals surface area (Å²) < 4.78 is 5.79. The second kappa shape index (κ2) is 7.38. The standard InChI is InChI=1S/C20H21NO4/c1-14-5-2-6-15(11-14)13-25-17-8-3-7-16(12-17)19(22)21-10-4-9-18(21)20(23)24/h2-3,5-8,11-12,18H,4,9-10,13H2,1H3,(H,23,24)/t18-/m0/s1. The molecule has 1 aliphatic rings. The zero-order chi connectivity index (χ0) is 17.8. The third kappa shape index (κ3) is 3.99. The number of hydrogen-bond donors (Lipinski definition) is 1. The molecule has 2 aromatic rings. The SMILES string of the molecule is Cc1cccc(COc2cccc(C(=O)N3CCC[C@H]3C(=O)O)c2)c1. The first-order chi connectivity index (χ1) is 12.0. The molecule has 1 amide bonds. The van der Waals surface area contributed by atoms with Gasteiger partial charge in [-0.25, -0.2) is 4.79 Å². The van der Waals surface area contributed by atoms with Crippen LogP contribution >= 0.6 is 0 Å². The van der Waals surface area contributed by atoms with Gasteiger partial charge in [-0.2, -0.15) is 0 Å². The second-order valence-corrected chi connectivity index (χ2v) is 6.30. The third-order valence-electron chi connectivity index (χ3n) is 4.37. The van der Waals surface area contributed by atoms with Gasteiger partial charge in [-0.3, -0.25) is 4.79 Å². The topological polar surface area (TPSA) is 66.8 Å². The number of carbonyl (C=O) groups is 2. The van der Waals surface area contributed by atoms with Crippen LogP contribution in [0, 0.1) is 6.92 Å². The van der Waals surface area contributed by atoms with Crippen molar-refractivity contribution in [3.8, 4) is 5.75 Å². The fourth-order valence-electron chi connectivity index (χ4n) is 3.12. The van der Waals surface area contributed by atoms with Crippen molar-refractivity contribution in [1.29, 1.82) is 0 Å². The molecule has 1 N–H and O–H groups in total. The highest BCUT2D eigenvalue weighted by Gasteiger charge is 2.34. The minimum atomic E-state index is -0.947. The van der Waals surface area contributed by atoms with Crippen LogP contribution in [-0.2, 0) is 11.4 Å². The Morgan fingerprint density at radius 2 is 2.00 bits per heavy atom. The summed E-state index contributed by atoms with van der Waals surface area (Å²) in [6.45, 7) is 2.92. The van der Waals surface area contributed by atoms with Crippen molar-refractivity contribution >= 4 is 11.9 Å². The Bertz CT molecular complexity index is 787. The van der Waals surface area contributed by atoms with Gasteiger partial charge in [0.2, 0.25) is 0 Å². The van der Waals surface area contributed by atoms with E-state index in [1.54, 1.807) is 24.3 Å². The molecule has 0 unspecified atom stereocenters. The molecule has 1 aliphatic heterocycles. The summed E-state index contributed by atoms with van der Waals surface area (Å²) >= 11 is 0. The van der Waals surface area contributed by atoms with Crippen LogP contribution in [0.25, 0.3) is 0 Å². The first-order valence-corrected chi connectivity index (χ1v) is 8.37. The summed E-state index contributed by atoms with van der Waals surface area (Å²) in [4.78, 5) is 25.4. The van der Waals surface area contributed by atoms with E-state index in [4.69, 9.17) is 4.74 Å². The fraction of sp³-hybridized carbons (Fsp3) is 0.300. The number of aryl methyl sites for hydroxylation is 1. The zero-order valence-corrected chi connectivity index (χ0v) is 14.1. The van der Waals surface area contributed by atoms with Gasteiger partial charge in [0.15, 0.2) is 0 Å². The minimum absolute atomic E-state index is 0.258. The molecule has 1 saturated heterocycles. The molecule has 5 heteroatoms. The van der Waals surface area contributed by atoms with E-state index in [2.05, 4.69) is 6.07 Å². The van der Waals surface area contributed by atoms with E-state index in [1.165, 1.54) is 10.5 Å². The average Bonchev–Trinajstić information content (AvgIpc) is 3.10. The molecule has 25 heavy (non-hydrogen) atoms. The summed E-state index contributed by atoms with van der Waals surface area (Å²) in [5.74, 6) is -0.609. The average molecular weight is 339 g/mol. The lowest BCUT2D eigenvalue weighted by Crippen LogP contribution is -2.40. The van der Waals surface area contributed by atoms with Crippen molar-refractivity contribution in [2.75, 3.05) is 6.54 Å². The number of carboxylic acids is 1. The summed E-state index contributed by atoms with van der Waals surface area (Å²) in [6.07, 6.45) is 1.22. The van der Waals surface area contributed by atoms with Gasteiger partial charge in [0.25, 0.3) is 5.91 Å². The fourth-order valence-corrected chi connectivity index (χ4v) is 3.12. The number of aliphatic carboxylic acids is 1. The van der Waals surface area contributed by atoms with Gasteiger partial charge in [-0.1, -0.05) is 35.9 Å². The smallest absolute Gasteiger partial charge is 0.326 e. The first-order valence-electron chi connectivity index (χ1n) is 8.37. The van der Waals surface area contributed by atoms with Crippen molar-refractivity contribution in [1.82, 2.24) is 4.90 Å². The van der Waals surface area contributed by atoms with E-state index >= 15 is 0 Å². The highest BCUT2D eigenvalue weighted by molar-refractivity contribution is 5.97. The minimum Gasteiger partial charge on any atom is -0.489 e. The lowest BCUT2D eigenvalue weighted by Gasteiger charge is -2.21. The molecule has 2 aromatic carbocycles. The molecule has 0 bridgehead atoms. The highest BCUT2D eigenvalue weighted by Crippen LogP contribution is 2.22. The van der Waals surface area contributed by atoms with Crippen LogP contribution in [0.2, 0.25) is 0 Å². The first kappa shape index (κ1) is 17.0. The molecule has 3 rings (SSSR count). The zero-order valence-electron chi connectivity index (χ0n) is 14.1. The molecule has 1 fully saturated rings. The van der Waals surface area contributed by atoms with Gasteiger partial charge in [0.05, 0.1) is 0 Å². The van der Waals surface area contributed by atoms with E-state index < -0.39 is 12.0 Å². The summed E-state index contributed by atoms with van der Waals surface area (Å²) in [7, 11) is 0. The van der Waals surface area contributed by atoms with Crippen molar-refractivity contribution < 1.29 is 19.4 Å². The molecular formula is C20H21NO4. The number of amides is 1. The van der Waals surface area contributed by atoms with Crippen molar-refractivity contribution in [2.24, 2.45) is 0 Å². The number of rotatable bonds is 5. The maximum Gasteiger partial charge on any atom is 0.326 e. The Labute approximate surface area is 146 Å². The molecule has 0 aliphatic carbocycles. The van der Waals surface area contributed by atoms with Crippen LogP contribution in [0.15, 0.2) is 48.5 Å². The van der Waals surface area contributed by atoms with E-state index in [9.17, 15) is 14.7 Å². The molecule has 130 valence electrons. The largest absolute Gasteiger partial charge is 0.489 e. The van der Waals surface area contributed by atoms with E-state index in [-0.39, 0.29) is 5.91 Å². The van der Waals surface area contributed by atoms with Gasteiger partial charge < -0.3 is 14.7 Å². The van der Waals surface area contributed by atoms with Crippen LogP contribution < -0.4 is 4.74 Å². The Hall–Kier alpha value is -2.82. The monoisotopic (exact) mass is 339 g/mol. The molecule has 0 aromatic heterocycles. The summed E-state index contributed by atoms with van der Waals surface area (Å²) in [5, 5.41) is 9.25. The lowest BCUT2D eigenvalue weighted by molar-refractivity contribution is -0.141. The number of ether oxygens (including phenoxy) is 1. The Morgan fingerprint density at radius 1 is 1.20 bits per heavy atom.